The Hall–Kier alpha value is -0.450. The number of hydrogen-bond donors (Lipinski definition) is 0. The highest BCUT2D eigenvalue weighted by atomic mass is 79.9. The van der Waals surface area contributed by atoms with E-state index in [1.807, 2.05) is 19.1 Å². The Morgan fingerprint density at radius 1 is 1.00 bits per heavy atom. The van der Waals surface area contributed by atoms with Crippen molar-refractivity contribution in [2.24, 2.45) is 0 Å². The highest BCUT2D eigenvalue weighted by molar-refractivity contribution is 9.11. The van der Waals surface area contributed by atoms with Gasteiger partial charge >= 0.3 is 0 Å². The third-order valence-electron chi connectivity index (χ3n) is 2.79. The maximum atomic E-state index is 13.2. The number of alkyl halides is 1. The maximum Gasteiger partial charge on any atom is 0.159 e. The SMILES string of the molecule is Cc1cc(Br)c(C(Cl)c2ccc(F)c(F)c2)cc1Br. The quantitative estimate of drug-likeness (QED) is 0.523. The molecule has 0 aliphatic carbocycles. The van der Waals surface area contributed by atoms with Crippen molar-refractivity contribution in [3.63, 3.8) is 0 Å². The summed E-state index contributed by atoms with van der Waals surface area (Å²) in [5, 5.41) is -0.554. The molecule has 0 bridgehead atoms. The fourth-order valence-electron chi connectivity index (χ4n) is 1.71. The first kappa shape index (κ1) is 14.9. The molecule has 2 aromatic rings. The number of halogens is 5. The van der Waals surface area contributed by atoms with Crippen LogP contribution in [0.3, 0.4) is 0 Å². The van der Waals surface area contributed by atoms with Crippen LogP contribution in [-0.2, 0) is 0 Å². The van der Waals surface area contributed by atoms with Gasteiger partial charge in [0.2, 0.25) is 0 Å². The summed E-state index contributed by atoms with van der Waals surface area (Å²) in [6.07, 6.45) is 0. The van der Waals surface area contributed by atoms with E-state index in [0.717, 1.165) is 32.2 Å². The van der Waals surface area contributed by atoms with Crippen LogP contribution in [0.25, 0.3) is 0 Å². The number of benzene rings is 2. The van der Waals surface area contributed by atoms with E-state index < -0.39 is 17.0 Å². The lowest BCUT2D eigenvalue weighted by molar-refractivity contribution is 0.507. The van der Waals surface area contributed by atoms with Crippen LogP contribution in [0, 0.1) is 18.6 Å². The van der Waals surface area contributed by atoms with Gasteiger partial charge in [-0.25, -0.2) is 8.78 Å². The van der Waals surface area contributed by atoms with E-state index in [0.29, 0.717) is 5.56 Å². The Bertz CT molecular complexity index is 629. The van der Waals surface area contributed by atoms with Gasteiger partial charge in [-0.15, -0.1) is 11.6 Å². The monoisotopic (exact) mass is 408 g/mol. The van der Waals surface area contributed by atoms with Gasteiger partial charge in [-0.3, -0.25) is 0 Å². The van der Waals surface area contributed by atoms with Crippen molar-refractivity contribution in [2.45, 2.75) is 12.3 Å². The third kappa shape index (κ3) is 3.18. The van der Waals surface area contributed by atoms with Gasteiger partial charge in [0.15, 0.2) is 11.6 Å². The Labute approximate surface area is 132 Å². The molecule has 0 heterocycles. The Morgan fingerprint density at radius 3 is 2.32 bits per heavy atom. The second-order valence-corrected chi connectivity index (χ2v) is 6.30. The van der Waals surface area contributed by atoms with E-state index in [-0.39, 0.29) is 0 Å². The smallest absolute Gasteiger partial charge is 0.159 e. The van der Waals surface area contributed by atoms with Crippen molar-refractivity contribution >= 4 is 43.5 Å². The summed E-state index contributed by atoms with van der Waals surface area (Å²) < 4.78 is 27.9. The molecule has 0 N–H and O–H groups in total. The van der Waals surface area contributed by atoms with E-state index >= 15 is 0 Å². The first-order valence-electron chi connectivity index (χ1n) is 5.44. The van der Waals surface area contributed by atoms with E-state index in [1.54, 1.807) is 0 Å². The van der Waals surface area contributed by atoms with E-state index in [9.17, 15) is 8.78 Å². The lowest BCUT2D eigenvalue weighted by Crippen LogP contribution is -1.97. The second kappa shape index (κ2) is 5.90. The van der Waals surface area contributed by atoms with Crippen molar-refractivity contribution in [2.75, 3.05) is 0 Å². The molecular formula is C14H9Br2ClF2. The molecular weight excluding hydrogens is 401 g/mol. The first-order chi connectivity index (χ1) is 8.90. The van der Waals surface area contributed by atoms with Crippen LogP contribution in [0.4, 0.5) is 8.78 Å². The molecule has 0 fully saturated rings. The summed E-state index contributed by atoms with van der Waals surface area (Å²) in [5.41, 5.74) is 2.37. The van der Waals surface area contributed by atoms with Crippen molar-refractivity contribution in [3.8, 4) is 0 Å². The average Bonchev–Trinajstić information content (AvgIpc) is 2.36. The summed E-state index contributed by atoms with van der Waals surface area (Å²) in [7, 11) is 0. The maximum absolute atomic E-state index is 13.2. The summed E-state index contributed by atoms with van der Waals surface area (Å²) in [5.74, 6) is -1.78. The topological polar surface area (TPSA) is 0 Å². The molecule has 0 nitrogen and oxygen atoms in total. The molecule has 19 heavy (non-hydrogen) atoms. The molecule has 0 aromatic heterocycles. The Balaban J connectivity index is 2.46. The third-order valence-corrected chi connectivity index (χ3v) is 4.82. The zero-order valence-corrected chi connectivity index (χ0v) is 13.8. The number of rotatable bonds is 2. The van der Waals surface area contributed by atoms with Gasteiger partial charge in [0.1, 0.15) is 0 Å². The molecule has 0 amide bonds. The second-order valence-electron chi connectivity index (χ2n) is 4.16. The molecule has 0 radical (unpaired) electrons. The molecule has 0 aliphatic rings. The van der Waals surface area contributed by atoms with Crippen LogP contribution < -0.4 is 0 Å². The fraction of sp³-hybridized carbons (Fsp3) is 0.143. The standard InChI is InChI=1S/C14H9Br2ClF2/c1-7-4-11(16)9(6-10(7)15)14(17)8-2-3-12(18)13(19)5-8/h2-6,14H,1H3. The van der Waals surface area contributed by atoms with Crippen LogP contribution >= 0.6 is 43.5 Å². The van der Waals surface area contributed by atoms with Crippen molar-refractivity contribution in [1.29, 1.82) is 0 Å². The molecule has 0 aliphatic heterocycles. The molecule has 1 atom stereocenters. The summed E-state index contributed by atoms with van der Waals surface area (Å²) in [6.45, 7) is 1.96. The van der Waals surface area contributed by atoms with Gasteiger partial charge in [0.25, 0.3) is 0 Å². The first-order valence-corrected chi connectivity index (χ1v) is 7.47. The van der Waals surface area contributed by atoms with Crippen LogP contribution in [-0.4, -0.2) is 0 Å². The van der Waals surface area contributed by atoms with Crippen molar-refractivity contribution in [3.05, 3.63) is 67.6 Å². The average molecular weight is 410 g/mol. The highest BCUT2D eigenvalue weighted by Gasteiger charge is 2.17. The summed E-state index contributed by atoms with van der Waals surface area (Å²) >= 11 is 13.2. The zero-order chi connectivity index (χ0) is 14.2. The van der Waals surface area contributed by atoms with Gasteiger partial charge in [0, 0.05) is 8.95 Å². The molecule has 1 unspecified atom stereocenters. The van der Waals surface area contributed by atoms with Gasteiger partial charge in [-0.1, -0.05) is 37.9 Å². The Morgan fingerprint density at radius 2 is 1.68 bits per heavy atom. The molecule has 5 heteroatoms. The highest BCUT2D eigenvalue weighted by Crippen LogP contribution is 2.37. The minimum Gasteiger partial charge on any atom is -0.204 e. The van der Waals surface area contributed by atoms with Gasteiger partial charge in [-0.2, -0.15) is 0 Å². The fourth-order valence-corrected chi connectivity index (χ4v) is 3.20. The lowest BCUT2D eigenvalue weighted by Gasteiger charge is -2.14. The Kier molecular flexibility index (Phi) is 4.64. The van der Waals surface area contributed by atoms with E-state index in [1.165, 1.54) is 6.07 Å². The number of aryl methyl sites for hydroxylation is 1. The normalized spacial score (nSPS) is 12.5. The van der Waals surface area contributed by atoms with Crippen LogP contribution in [0.1, 0.15) is 22.1 Å². The predicted octanol–water partition coefficient (Wildman–Crippen LogP) is 6.13. The minimum absolute atomic E-state index is 0.511. The number of hydrogen-bond acceptors (Lipinski definition) is 0. The molecule has 0 spiro atoms. The summed E-state index contributed by atoms with van der Waals surface area (Å²) in [4.78, 5) is 0. The largest absolute Gasteiger partial charge is 0.204 e. The molecule has 100 valence electrons. The molecule has 2 aromatic carbocycles. The van der Waals surface area contributed by atoms with E-state index in [4.69, 9.17) is 11.6 Å². The predicted molar refractivity (Wildman–Crippen MR) is 80.6 cm³/mol. The van der Waals surface area contributed by atoms with Gasteiger partial charge < -0.3 is 0 Å². The van der Waals surface area contributed by atoms with Crippen molar-refractivity contribution in [1.82, 2.24) is 0 Å². The summed E-state index contributed by atoms with van der Waals surface area (Å²) in [6, 6.07) is 7.48. The van der Waals surface area contributed by atoms with E-state index in [2.05, 4.69) is 31.9 Å². The minimum atomic E-state index is -0.898. The van der Waals surface area contributed by atoms with Gasteiger partial charge in [0.05, 0.1) is 5.38 Å². The lowest BCUT2D eigenvalue weighted by atomic mass is 10.0. The zero-order valence-electron chi connectivity index (χ0n) is 9.85. The van der Waals surface area contributed by atoms with Gasteiger partial charge in [-0.05, 0) is 47.9 Å². The molecule has 0 saturated heterocycles. The molecule has 2 rings (SSSR count). The molecule has 0 saturated carbocycles. The van der Waals surface area contributed by atoms with Crippen LogP contribution in [0.15, 0.2) is 39.3 Å². The van der Waals surface area contributed by atoms with Crippen molar-refractivity contribution < 1.29 is 8.78 Å². The van der Waals surface area contributed by atoms with Crippen LogP contribution in [0.5, 0.6) is 0 Å². The van der Waals surface area contributed by atoms with Crippen LogP contribution in [0.2, 0.25) is 0 Å².